The van der Waals surface area contributed by atoms with E-state index >= 15 is 0 Å². The number of nitrogens with zero attached hydrogens (tertiary/aromatic N) is 4. The van der Waals surface area contributed by atoms with Gasteiger partial charge >= 0.3 is 0 Å². The molecule has 0 atom stereocenters. The molecule has 0 bridgehead atoms. The molecule has 2 aromatic heterocycles. The summed E-state index contributed by atoms with van der Waals surface area (Å²) in [5.41, 5.74) is 6.54. The van der Waals surface area contributed by atoms with Crippen molar-refractivity contribution < 1.29 is 19.3 Å². The van der Waals surface area contributed by atoms with Crippen molar-refractivity contribution in [2.24, 2.45) is 0 Å². The van der Waals surface area contributed by atoms with Crippen molar-refractivity contribution in [3.8, 4) is 22.8 Å². The molecule has 11 heteroatoms. The average molecular weight is 522 g/mol. The molecular weight excluding hydrogens is 493 g/mol. The van der Waals surface area contributed by atoms with E-state index < -0.39 is 5.60 Å². The van der Waals surface area contributed by atoms with Crippen LogP contribution in [0.3, 0.4) is 0 Å². The number of hydrogen-bond donors (Lipinski definition) is 2. The van der Waals surface area contributed by atoms with Crippen molar-refractivity contribution in [2.75, 3.05) is 51.2 Å². The van der Waals surface area contributed by atoms with Crippen LogP contribution < -0.4 is 20.1 Å². The number of β-amino-alcohol motifs (C(OH)–C–C–N with tert-alkyl or cyclic N) is 1. The zero-order valence-electron chi connectivity index (χ0n) is 20.0. The van der Waals surface area contributed by atoms with Crippen LogP contribution in [0.4, 0.5) is 11.8 Å². The molecule has 2 saturated heterocycles. The van der Waals surface area contributed by atoms with Gasteiger partial charge in [-0.2, -0.15) is 0 Å². The lowest BCUT2D eigenvalue weighted by molar-refractivity contribution is 0.0307. The standard InChI is InChI=1S/C19H19Cl2N5O3.C5H10O/c1-19(27)7-26(8-19)17-16-9(6-23-18(22)25-16)4-10(24-17)13-14(20)11(28-2)5-12(29-3)15(13)21;1-2-4-6-5-3-1/h4-6,27H,7-8H2,1-3H3,(H2,22,23,25);1-5H2. The molecule has 0 spiro atoms. The minimum Gasteiger partial charge on any atom is -0.495 e. The van der Waals surface area contributed by atoms with E-state index in [2.05, 4.69) is 9.97 Å². The lowest BCUT2D eigenvalue weighted by Gasteiger charge is -2.45. The molecule has 9 nitrogen and oxygen atoms in total. The van der Waals surface area contributed by atoms with Crippen LogP contribution in [0.5, 0.6) is 11.5 Å². The van der Waals surface area contributed by atoms with Crippen LogP contribution in [0, 0.1) is 0 Å². The number of nitrogen functional groups attached to an aromatic ring is 1. The van der Waals surface area contributed by atoms with Gasteiger partial charge in [0.25, 0.3) is 0 Å². The monoisotopic (exact) mass is 521 g/mol. The number of rotatable bonds is 4. The second kappa shape index (κ2) is 10.6. The minimum atomic E-state index is -0.795. The Bertz CT molecular complexity index is 1170. The van der Waals surface area contributed by atoms with E-state index in [1.807, 2.05) is 4.90 Å². The molecule has 0 saturated carbocycles. The zero-order valence-corrected chi connectivity index (χ0v) is 21.5. The van der Waals surface area contributed by atoms with Crippen molar-refractivity contribution in [1.29, 1.82) is 0 Å². The molecule has 3 aromatic rings. The van der Waals surface area contributed by atoms with E-state index in [0.29, 0.717) is 62.6 Å². The van der Waals surface area contributed by atoms with Gasteiger partial charge in [-0.05, 0) is 32.3 Å². The Labute approximate surface area is 214 Å². The van der Waals surface area contributed by atoms with E-state index in [0.717, 1.165) is 13.2 Å². The van der Waals surface area contributed by atoms with Crippen LogP contribution in [-0.2, 0) is 4.74 Å². The van der Waals surface area contributed by atoms with Gasteiger partial charge in [-0.3, -0.25) is 0 Å². The lowest BCUT2D eigenvalue weighted by atomic mass is 9.96. The molecule has 0 radical (unpaired) electrons. The van der Waals surface area contributed by atoms with Gasteiger partial charge in [0.05, 0.1) is 35.6 Å². The van der Waals surface area contributed by atoms with Crippen LogP contribution in [0.1, 0.15) is 26.2 Å². The number of halogens is 2. The molecule has 0 aliphatic carbocycles. The number of pyridine rings is 1. The highest BCUT2D eigenvalue weighted by molar-refractivity contribution is 6.41. The first kappa shape index (κ1) is 25.5. The first-order valence-corrected chi connectivity index (χ1v) is 12.1. The summed E-state index contributed by atoms with van der Waals surface area (Å²) in [5.74, 6) is 1.52. The predicted octanol–water partition coefficient (Wildman–Crippen LogP) is 4.36. The van der Waals surface area contributed by atoms with Crippen molar-refractivity contribution in [2.45, 2.75) is 31.8 Å². The largest absolute Gasteiger partial charge is 0.495 e. The smallest absolute Gasteiger partial charge is 0.220 e. The molecule has 4 heterocycles. The molecule has 1 aromatic carbocycles. The number of hydrogen-bond acceptors (Lipinski definition) is 9. The van der Waals surface area contributed by atoms with Gasteiger partial charge < -0.3 is 30.0 Å². The fourth-order valence-electron chi connectivity index (χ4n) is 4.11. The molecule has 2 fully saturated rings. The van der Waals surface area contributed by atoms with Gasteiger partial charge in [-0.1, -0.05) is 23.2 Å². The number of fused-ring (bicyclic) bond motifs is 1. The van der Waals surface area contributed by atoms with Gasteiger partial charge in [-0.15, -0.1) is 0 Å². The zero-order chi connectivity index (χ0) is 25.2. The number of ether oxygens (including phenoxy) is 3. The van der Waals surface area contributed by atoms with Crippen LogP contribution >= 0.6 is 23.2 Å². The molecule has 0 unspecified atom stereocenters. The molecule has 3 N–H and O–H groups in total. The van der Waals surface area contributed by atoms with Crippen LogP contribution in [-0.4, -0.2) is 66.2 Å². The summed E-state index contributed by atoms with van der Waals surface area (Å²) in [5, 5.41) is 11.5. The van der Waals surface area contributed by atoms with E-state index in [1.54, 1.807) is 25.3 Å². The number of aromatic nitrogens is 3. The number of methoxy groups -OCH3 is 2. The molecule has 2 aliphatic heterocycles. The van der Waals surface area contributed by atoms with Crippen molar-refractivity contribution >= 4 is 45.9 Å². The highest BCUT2D eigenvalue weighted by atomic mass is 35.5. The third-order valence-electron chi connectivity index (χ3n) is 5.84. The van der Waals surface area contributed by atoms with E-state index in [9.17, 15) is 5.11 Å². The summed E-state index contributed by atoms with van der Waals surface area (Å²) in [4.78, 5) is 15.1. The van der Waals surface area contributed by atoms with Crippen molar-refractivity contribution in [3.05, 3.63) is 28.4 Å². The van der Waals surface area contributed by atoms with Crippen molar-refractivity contribution in [3.63, 3.8) is 0 Å². The van der Waals surface area contributed by atoms with Crippen molar-refractivity contribution in [1.82, 2.24) is 15.0 Å². The van der Waals surface area contributed by atoms with Gasteiger partial charge in [0.15, 0.2) is 5.82 Å². The normalized spacial score (nSPS) is 16.8. The van der Waals surface area contributed by atoms with E-state index in [-0.39, 0.29) is 5.95 Å². The maximum atomic E-state index is 10.2. The SMILES string of the molecule is C1CCOCC1.COc1cc(OC)c(Cl)c(-c2cc3cnc(N)nc3c(N3CC(C)(O)C3)n2)c1Cl. The summed E-state index contributed by atoms with van der Waals surface area (Å²) in [6, 6.07) is 3.40. The fourth-order valence-corrected chi connectivity index (χ4v) is 4.80. The highest BCUT2D eigenvalue weighted by Crippen LogP contribution is 2.46. The third kappa shape index (κ3) is 5.48. The third-order valence-corrected chi connectivity index (χ3v) is 6.59. The predicted molar refractivity (Wildman–Crippen MR) is 138 cm³/mol. The maximum Gasteiger partial charge on any atom is 0.220 e. The van der Waals surface area contributed by atoms with Gasteiger partial charge in [0.2, 0.25) is 5.95 Å². The summed E-state index contributed by atoms with van der Waals surface area (Å²) in [6.07, 6.45) is 5.55. The Morgan fingerprint density at radius 3 is 2.14 bits per heavy atom. The first-order chi connectivity index (χ1) is 16.7. The second-order valence-corrected chi connectivity index (χ2v) is 9.56. The Balaban J connectivity index is 0.000000421. The average Bonchev–Trinajstić information content (AvgIpc) is 2.84. The van der Waals surface area contributed by atoms with Crippen LogP contribution in [0.2, 0.25) is 10.0 Å². The number of anilines is 2. The van der Waals surface area contributed by atoms with Gasteiger partial charge in [0, 0.05) is 49.5 Å². The van der Waals surface area contributed by atoms with Crippen LogP contribution in [0.15, 0.2) is 18.3 Å². The maximum absolute atomic E-state index is 10.2. The minimum absolute atomic E-state index is 0.139. The van der Waals surface area contributed by atoms with E-state index in [4.69, 9.17) is 48.1 Å². The molecule has 188 valence electrons. The summed E-state index contributed by atoms with van der Waals surface area (Å²) < 4.78 is 15.8. The topological polar surface area (TPSA) is 116 Å². The van der Waals surface area contributed by atoms with E-state index in [1.165, 1.54) is 33.5 Å². The molecular formula is C24H29Cl2N5O4. The molecule has 35 heavy (non-hydrogen) atoms. The Hall–Kier alpha value is -2.59. The van der Waals surface area contributed by atoms with Gasteiger partial charge in [0.1, 0.15) is 17.0 Å². The second-order valence-electron chi connectivity index (χ2n) is 8.81. The lowest BCUT2D eigenvalue weighted by Crippen LogP contribution is -2.60. The molecule has 2 aliphatic rings. The summed E-state index contributed by atoms with van der Waals surface area (Å²) >= 11 is 13.1. The van der Waals surface area contributed by atoms with Crippen LogP contribution in [0.25, 0.3) is 22.2 Å². The number of aliphatic hydroxyl groups is 1. The Kier molecular flexibility index (Phi) is 7.70. The quantitative estimate of drug-likeness (QED) is 0.516. The Morgan fingerprint density at radius 2 is 1.66 bits per heavy atom. The highest BCUT2D eigenvalue weighted by Gasteiger charge is 2.38. The molecule has 0 amide bonds. The number of nitrogens with two attached hydrogens (primary N) is 1. The summed E-state index contributed by atoms with van der Waals surface area (Å²) in [6.45, 7) is 4.58. The number of benzene rings is 1. The molecule has 5 rings (SSSR count). The first-order valence-electron chi connectivity index (χ1n) is 11.3. The van der Waals surface area contributed by atoms with Gasteiger partial charge in [-0.25, -0.2) is 15.0 Å². The summed E-state index contributed by atoms with van der Waals surface area (Å²) in [7, 11) is 3.02. The Morgan fingerprint density at radius 1 is 1.03 bits per heavy atom. The fraction of sp³-hybridized carbons (Fsp3) is 0.458.